The molecular formula is C17H20N4O2. The third kappa shape index (κ3) is 3.23. The van der Waals surface area contributed by atoms with E-state index in [-0.39, 0.29) is 12.5 Å². The summed E-state index contributed by atoms with van der Waals surface area (Å²) in [7, 11) is 0. The number of nitrogens with two attached hydrogens (primary N) is 1. The molecule has 0 unspecified atom stereocenters. The number of nitrogens with zero attached hydrogens (tertiary/aromatic N) is 2. The van der Waals surface area contributed by atoms with Gasteiger partial charge in [0.15, 0.2) is 0 Å². The molecule has 0 aliphatic heterocycles. The van der Waals surface area contributed by atoms with Gasteiger partial charge < -0.3 is 16.2 Å². The molecule has 0 bridgehead atoms. The van der Waals surface area contributed by atoms with Crippen LogP contribution in [0.1, 0.15) is 31.0 Å². The van der Waals surface area contributed by atoms with Crippen molar-refractivity contribution in [2.45, 2.75) is 38.0 Å². The Bertz CT molecular complexity index is 692. The van der Waals surface area contributed by atoms with E-state index >= 15 is 0 Å². The standard InChI is InChI=1S/C17H20N4O2/c1-11(18)16(23)19-17(8-9-17)15-7-6-14(20-21-15)13-4-2-12(10-22)3-5-13/h2-7,11,22H,8-10,18H2,1H3,(H,19,23)/t11-/m0/s1. The van der Waals surface area contributed by atoms with Crippen molar-refractivity contribution < 1.29 is 9.90 Å². The van der Waals surface area contributed by atoms with Gasteiger partial charge in [-0.25, -0.2) is 0 Å². The van der Waals surface area contributed by atoms with Gasteiger partial charge in [0.05, 0.1) is 29.6 Å². The number of nitrogens with one attached hydrogen (secondary N) is 1. The van der Waals surface area contributed by atoms with Crippen LogP contribution in [0.3, 0.4) is 0 Å². The van der Waals surface area contributed by atoms with Crippen molar-refractivity contribution in [3.05, 3.63) is 47.7 Å². The third-order valence-corrected chi connectivity index (χ3v) is 4.11. The van der Waals surface area contributed by atoms with E-state index in [1.807, 2.05) is 36.4 Å². The van der Waals surface area contributed by atoms with Crippen molar-refractivity contribution >= 4 is 5.91 Å². The first kappa shape index (κ1) is 15.6. The molecule has 4 N–H and O–H groups in total. The van der Waals surface area contributed by atoms with E-state index in [2.05, 4.69) is 15.5 Å². The average molecular weight is 312 g/mol. The molecule has 1 aliphatic carbocycles. The number of aromatic nitrogens is 2. The Kier molecular flexibility index (Phi) is 4.11. The van der Waals surface area contributed by atoms with Gasteiger partial charge in [-0.1, -0.05) is 24.3 Å². The van der Waals surface area contributed by atoms with Crippen LogP contribution >= 0.6 is 0 Å². The maximum Gasteiger partial charge on any atom is 0.237 e. The summed E-state index contributed by atoms with van der Waals surface area (Å²) >= 11 is 0. The summed E-state index contributed by atoms with van der Waals surface area (Å²) in [6.45, 7) is 1.68. The highest BCUT2D eigenvalue weighted by atomic mass is 16.3. The van der Waals surface area contributed by atoms with E-state index in [9.17, 15) is 4.79 Å². The topological polar surface area (TPSA) is 101 Å². The molecule has 0 radical (unpaired) electrons. The van der Waals surface area contributed by atoms with Crippen LogP contribution in [0.4, 0.5) is 0 Å². The van der Waals surface area contributed by atoms with Gasteiger partial charge in [0.1, 0.15) is 0 Å². The highest BCUT2D eigenvalue weighted by Crippen LogP contribution is 2.44. The van der Waals surface area contributed by atoms with E-state index in [1.165, 1.54) is 0 Å². The lowest BCUT2D eigenvalue weighted by Gasteiger charge is -2.18. The maximum atomic E-state index is 11.8. The Hall–Kier alpha value is -2.31. The first-order chi connectivity index (χ1) is 11.0. The molecule has 120 valence electrons. The smallest absolute Gasteiger partial charge is 0.237 e. The Labute approximate surface area is 134 Å². The van der Waals surface area contributed by atoms with Gasteiger partial charge in [-0.05, 0) is 37.5 Å². The average Bonchev–Trinajstić information content (AvgIpc) is 3.36. The molecule has 1 heterocycles. The number of hydrogen-bond donors (Lipinski definition) is 3. The van der Waals surface area contributed by atoms with Gasteiger partial charge in [0, 0.05) is 5.56 Å². The van der Waals surface area contributed by atoms with Gasteiger partial charge >= 0.3 is 0 Å². The van der Waals surface area contributed by atoms with Crippen LogP contribution in [-0.2, 0) is 16.9 Å². The Morgan fingerprint density at radius 3 is 2.43 bits per heavy atom. The van der Waals surface area contributed by atoms with Crippen LogP contribution in [0.5, 0.6) is 0 Å². The van der Waals surface area contributed by atoms with Gasteiger partial charge in [-0.3, -0.25) is 4.79 Å². The monoisotopic (exact) mass is 312 g/mol. The predicted octanol–water partition coefficient (Wildman–Crippen LogP) is 1.09. The second-order valence-electron chi connectivity index (χ2n) is 6.02. The number of rotatable bonds is 5. The maximum absolute atomic E-state index is 11.8. The minimum absolute atomic E-state index is 0.0205. The molecule has 1 saturated carbocycles. The summed E-state index contributed by atoms with van der Waals surface area (Å²) in [6.07, 6.45) is 1.70. The van der Waals surface area contributed by atoms with Gasteiger partial charge in [0.2, 0.25) is 5.91 Å². The Morgan fingerprint density at radius 1 is 1.26 bits per heavy atom. The molecule has 0 spiro atoms. The first-order valence-electron chi connectivity index (χ1n) is 7.66. The SMILES string of the molecule is C[C@H](N)C(=O)NC1(c2ccc(-c3ccc(CO)cc3)nn2)CC1. The molecule has 1 fully saturated rings. The summed E-state index contributed by atoms with van der Waals surface area (Å²) in [5, 5.41) is 20.6. The number of carbonyl (C=O) groups excluding carboxylic acids is 1. The molecule has 6 heteroatoms. The fourth-order valence-corrected chi connectivity index (χ4v) is 2.44. The molecule has 1 aromatic carbocycles. The number of carbonyl (C=O) groups is 1. The van der Waals surface area contributed by atoms with Gasteiger partial charge in [0.25, 0.3) is 0 Å². The molecule has 0 saturated heterocycles. The van der Waals surface area contributed by atoms with E-state index < -0.39 is 11.6 Å². The molecular weight excluding hydrogens is 292 g/mol. The molecule has 6 nitrogen and oxygen atoms in total. The number of aliphatic hydroxyl groups excluding tert-OH is 1. The fraction of sp³-hybridized carbons (Fsp3) is 0.353. The molecule has 1 aromatic heterocycles. The lowest BCUT2D eigenvalue weighted by atomic mass is 10.1. The molecule has 3 rings (SSSR count). The van der Waals surface area contributed by atoms with E-state index in [1.54, 1.807) is 6.92 Å². The van der Waals surface area contributed by atoms with E-state index in [0.717, 1.165) is 35.4 Å². The minimum Gasteiger partial charge on any atom is -0.392 e. The van der Waals surface area contributed by atoms with Crippen molar-refractivity contribution in [3.63, 3.8) is 0 Å². The lowest BCUT2D eigenvalue weighted by molar-refractivity contribution is -0.123. The first-order valence-corrected chi connectivity index (χ1v) is 7.66. The summed E-state index contributed by atoms with van der Waals surface area (Å²) in [5.41, 5.74) is 8.52. The van der Waals surface area contributed by atoms with Crippen LogP contribution in [-0.4, -0.2) is 27.3 Å². The summed E-state index contributed by atoms with van der Waals surface area (Å²) in [5.74, 6) is -0.173. The largest absolute Gasteiger partial charge is 0.392 e. The number of amides is 1. The van der Waals surface area contributed by atoms with Gasteiger partial charge in [-0.2, -0.15) is 10.2 Å². The molecule has 1 atom stereocenters. The second kappa shape index (κ2) is 6.06. The van der Waals surface area contributed by atoms with E-state index in [4.69, 9.17) is 10.8 Å². The van der Waals surface area contributed by atoms with Crippen LogP contribution in [0.2, 0.25) is 0 Å². The number of hydrogen-bond acceptors (Lipinski definition) is 5. The fourth-order valence-electron chi connectivity index (χ4n) is 2.44. The molecule has 2 aromatic rings. The lowest BCUT2D eigenvalue weighted by Crippen LogP contribution is -2.44. The Balaban J connectivity index is 1.78. The predicted molar refractivity (Wildman–Crippen MR) is 86.1 cm³/mol. The van der Waals surface area contributed by atoms with Crippen LogP contribution in [0.15, 0.2) is 36.4 Å². The summed E-state index contributed by atoms with van der Waals surface area (Å²) < 4.78 is 0. The van der Waals surface area contributed by atoms with Crippen LogP contribution in [0.25, 0.3) is 11.3 Å². The molecule has 1 amide bonds. The van der Waals surface area contributed by atoms with Crippen molar-refractivity contribution in [3.8, 4) is 11.3 Å². The highest BCUT2D eigenvalue weighted by Gasteiger charge is 2.47. The minimum atomic E-state index is -0.537. The zero-order valence-electron chi connectivity index (χ0n) is 13.0. The zero-order valence-corrected chi connectivity index (χ0v) is 13.0. The summed E-state index contributed by atoms with van der Waals surface area (Å²) in [6, 6.07) is 10.8. The molecule has 1 aliphatic rings. The van der Waals surface area contributed by atoms with Crippen LogP contribution < -0.4 is 11.1 Å². The quantitative estimate of drug-likeness (QED) is 0.767. The molecule has 23 heavy (non-hydrogen) atoms. The van der Waals surface area contributed by atoms with Crippen molar-refractivity contribution in [2.75, 3.05) is 0 Å². The van der Waals surface area contributed by atoms with Crippen LogP contribution in [0, 0.1) is 0 Å². The van der Waals surface area contributed by atoms with E-state index in [0.29, 0.717) is 0 Å². The highest BCUT2D eigenvalue weighted by molar-refractivity contribution is 5.82. The number of aliphatic hydroxyl groups is 1. The van der Waals surface area contributed by atoms with Crippen molar-refractivity contribution in [2.24, 2.45) is 5.73 Å². The van der Waals surface area contributed by atoms with Crippen molar-refractivity contribution in [1.82, 2.24) is 15.5 Å². The normalized spacial score (nSPS) is 16.7. The zero-order chi connectivity index (χ0) is 16.4. The number of benzene rings is 1. The second-order valence-corrected chi connectivity index (χ2v) is 6.02. The van der Waals surface area contributed by atoms with Crippen molar-refractivity contribution in [1.29, 1.82) is 0 Å². The van der Waals surface area contributed by atoms with Gasteiger partial charge in [-0.15, -0.1) is 0 Å². The summed E-state index contributed by atoms with van der Waals surface area (Å²) in [4.78, 5) is 11.8. The third-order valence-electron chi connectivity index (χ3n) is 4.11. The Morgan fingerprint density at radius 2 is 1.96 bits per heavy atom.